The number of thiocarbonyl (C=S) groups is 1. The van der Waals surface area contributed by atoms with E-state index in [2.05, 4.69) is 78.6 Å². The van der Waals surface area contributed by atoms with Crippen LogP contribution in [-0.2, 0) is 6.42 Å². The van der Waals surface area contributed by atoms with Crippen molar-refractivity contribution in [2.45, 2.75) is 52.4 Å². The van der Waals surface area contributed by atoms with Crippen molar-refractivity contribution >= 4 is 23.1 Å². The second-order valence-corrected chi connectivity index (χ2v) is 7.82. The lowest BCUT2D eigenvalue weighted by molar-refractivity contribution is 0.632. The van der Waals surface area contributed by atoms with Crippen LogP contribution in [0.1, 0.15) is 50.2 Å². The topological polar surface area (TPSA) is 12.4 Å². The van der Waals surface area contributed by atoms with E-state index in [0.29, 0.717) is 0 Å². The minimum absolute atomic E-state index is 0.850. The molecule has 3 aromatic carbocycles. The molecule has 2 heteroatoms. The first kappa shape index (κ1) is 21.2. The van der Waals surface area contributed by atoms with Gasteiger partial charge in [-0.2, -0.15) is 4.99 Å². The van der Waals surface area contributed by atoms with Crippen LogP contribution in [0.15, 0.2) is 71.7 Å². The standard InChI is InChI=1S/C27H29NS/c1-3-4-5-6-7-8-22-9-11-23(12-10-22)24-13-15-25(16-14-24)27-18-17-26(28-20-29)19-21(27)2/h9-19H,3-8H2,1-2H3. The molecule has 0 unspecified atom stereocenters. The molecule has 0 aliphatic heterocycles. The second kappa shape index (κ2) is 10.9. The molecule has 0 N–H and O–H groups in total. The van der Waals surface area contributed by atoms with E-state index < -0.39 is 0 Å². The summed E-state index contributed by atoms with van der Waals surface area (Å²) in [6, 6.07) is 24.0. The zero-order chi connectivity index (χ0) is 20.5. The highest BCUT2D eigenvalue weighted by atomic mass is 32.1. The average Bonchev–Trinajstić information content (AvgIpc) is 2.75. The third-order valence-corrected chi connectivity index (χ3v) is 5.53. The average molecular weight is 400 g/mol. The zero-order valence-corrected chi connectivity index (χ0v) is 18.3. The summed E-state index contributed by atoms with van der Waals surface area (Å²) in [5.74, 6) is 0. The highest BCUT2D eigenvalue weighted by molar-refractivity contribution is 7.78. The molecular weight excluding hydrogens is 370 g/mol. The molecule has 148 valence electrons. The summed E-state index contributed by atoms with van der Waals surface area (Å²) in [5.41, 5.74) is 8.44. The molecule has 0 bridgehead atoms. The molecular formula is C27H29NS. The molecule has 1 nitrogen and oxygen atoms in total. The predicted molar refractivity (Wildman–Crippen MR) is 129 cm³/mol. The van der Waals surface area contributed by atoms with E-state index in [-0.39, 0.29) is 0 Å². The zero-order valence-electron chi connectivity index (χ0n) is 17.4. The van der Waals surface area contributed by atoms with Gasteiger partial charge < -0.3 is 0 Å². The first-order valence-corrected chi connectivity index (χ1v) is 11.0. The van der Waals surface area contributed by atoms with Gasteiger partial charge in [0.2, 0.25) is 0 Å². The third kappa shape index (κ3) is 5.97. The number of aliphatic imine (C=N–C) groups is 1. The molecule has 0 fully saturated rings. The lowest BCUT2D eigenvalue weighted by Crippen LogP contribution is -1.87. The minimum atomic E-state index is 0.850. The highest BCUT2D eigenvalue weighted by Gasteiger charge is 2.05. The molecule has 0 aromatic heterocycles. The molecule has 0 radical (unpaired) electrons. The maximum atomic E-state index is 4.69. The molecule has 0 aliphatic carbocycles. The summed E-state index contributed by atoms with van der Waals surface area (Å²) in [6.45, 7) is 4.37. The van der Waals surface area contributed by atoms with Gasteiger partial charge in [0.25, 0.3) is 0 Å². The fourth-order valence-corrected chi connectivity index (χ4v) is 3.84. The molecule has 0 saturated carbocycles. The van der Waals surface area contributed by atoms with Crippen molar-refractivity contribution in [3.8, 4) is 22.3 Å². The van der Waals surface area contributed by atoms with E-state index in [1.807, 2.05) is 12.1 Å². The first-order chi connectivity index (χ1) is 14.2. The van der Waals surface area contributed by atoms with Crippen LogP contribution < -0.4 is 0 Å². The summed E-state index contributed by atoms with van der Waals surface area (Å²) in [7, 11) is 0. The Morgan fingerprint density at radius 1 is 0.759 bits per heavy atom. The Morgan fingerprint density at radius 2 is 1.38 bits per heavy atom. The van der Waals surface area contributed by atoms with Gasteiger partial charge in [-0.15, -0.1) is 0 Å². The largest absolute Gasteiger partial charge is 0.195 e. The lowest BCUT2D eigenvalue weighted by Gasteiger charge is -2.09. The monoisotopic (exact) mass is 399 g/mol. The smallest absolute Gasteiger partial charge is 0.0742 e. The quantitative estimate of drug-likeness (QED) is 0.199. The maximum absolute atomic E-state index is 4.69. The van der Waals surface area contributed by atoms with Crippen molar-refractivity contribution in [1.29, 1.82) is 0 Å². The third-order valence-electron chi connectivity index (χ3n) is 5.44. The molecule has 3 rings (SSSR count). The van der Waals surface area contributed by atoms with Gasteiger partial charge in [-0.25, -0.2) is 0 Å². The summed E-state index contributed by atoms with van der Waals surface area (Å²) in [6.07, 6.45) is 7.85. The van der Waals surface area contributed by atoms with E-state index in [1.165, 1.54) is 71.9 Å². The Labute approximate surface area is 180 Å². The number of hydrogen-bond donors (Lipinski definition) is 0. The fraction of sp³-hybridized carbons (Fsp3) is 0.296. The lowest BCUT2D eigenvalue weighted by atomic mass is 9.96. The van der Waals surface area contributed by atoms with Gasteiger partial charge in [0.05, 0.1) is 10.8 Å². The van der Waals surface area contributed by atoms with Gasteiger partial charge in [-0.05, 0) is 77.5 Å². The number of aryl methyl sites for hydroxylation is 2. The highest BCUT2D eigenvalue weighted by Crippen LogP contribution is 2.29. The molecule has 0 heterocycles. The Balaban J connectivity index is 1.66. The SMILES string of the molecule is CCCCCCCc1ccc(-c2ccc(-c3ccc(N=C=S)cc3C)cc2)cc1. The van der Waals surface area contributed by atoms with Gasteiger partial charge in [-0.1, -0.05) is 87.2 Å². The molecule has 0 saturated heterocycles. The Hall–Kier alpha value is -2.54. The van der Waals surface area contributed by atoms with Crippen LogP contribution in [-0.4, -0.2) is 5.16 Å². The maximum Gasteiger partial charge on any atom is 0.0742 e. The summed E-state index contributed by atoms with van der Waals surface area (Å²) >= 11 is 4.69. The summed E-state index contributed by atoms with van der Waals surface area (Å²) in [4.78, 5) is 4.06. The molecule has 3 aromatic rings. The molecule has 0 amide bonds. The molecule has 0 aliphatic rings. The van der Waals surface area contributed by atoms with Crippen molar-refractivity contribution in [2.24, 2.45) is 4.99 Å². The van der Waals surface area contributed by atoms with Crippen molar-refractivity contribution in [3.05, 3.63) is 77.9 Å². The Kier molecular flexibility index (Phi) is 7.93. The van der Waals surface area contributed by atoms with Crippen LogP contribution >= 0.6 is 12.2 Å². The van der Waals surface area contributed by atoms with Crippen molar-refractivity contribution in [3.63, 3.8) is 0 Å². The Bertz CT molecular complexity index is 964. The van der Waals surface area contributed by atoms with E-state index in [9.17, 15) is 0 Å². The normalized spacial score (nSPS) is 10.6. The Morgan fingerprint density at radius 3 is 2.00 bits per heavy atom. The first-order valence-electron chi connectivity index (χ1n) is 10.6. The van der Waals surface area contributed by atoms with Crippen molar-refractivity contribution in [1.82, 2.24) is 0 Å². The van der Waals surface area contributed by atoms with Crippen LogP contribution in [0.25, 0.3) is 22.3 Å². The van der Waals surface area contributed by atoms with E-state index in [4.69, 9.17) is 12.2 Å². The van der Waals surface area contributed by atoms with Gasteiger partial charge in [0.1, 0.15) is 0 Å². The number of rotatable bonds is 9. The molecule has 0 spiro atoms. The van der Waals surface area contributed by atoms with Crippen molar-refractivity contribution < 1.29 is 0 Å². The van der Waals surface area contributed by atoms with Gasteiger partial charge >= 0.3 is 0 Å². The van der Waals surface area contributed by atoms with Crippen LogP contribution in [0.5, 0.6) is 0 Å². The van der Waals surface area contributed by atoms with Gasteiger partial charge in [0, 0.05) is 0 Å². The number of isothiocyanates is 1. The number of hydrogen-bond acceptors (Lipinski definition) is 2. The van der Waals surface area contributed by atoms with Crippen LogP contribution in [0.3, 0.4) is 0 Å². The number of unbranched alkanes of at least 4 members (excludes halogenated alkanes) is 4. The van der Waals surface area contributed by atoms with Crippen LogP contribution in [0.4, 0.5) is 5.69 Å². The molecule has 0 atom stereocenters. The summed E-state index contributed by atoms with van der Waals surface area (Å²) < 4.78 is 0. The number of benzene rings is 3. The van der Waals surface area contributed by atoms with Crippen LogP contribution in [0.2, 0.25) is 0 Å². The van der Waals surface area contributed by atoms with E-state index in [0.717, 1.165) is 5.69 Å². The second-order valence-electron chi connectivity index (χ2n) is 7.64. The fourth-order valence-electron chi connectivity index (χ4n) is 3.73. The van der Waals surface area contributed by atoms with Crippen molar-refractivity contribution in [2.75, 3.05) is 0 Å². The van der Waals surface area contributed by atoms with E-state index in [1.54, 1.807) is 0 Å². The van der Waals surface area contributed by atoms with Crippen LogP contribution in [0, 0.1) is 6.92 Å². The van der Waals surface area contributed by atoms with Gasteiger partial charge in [0.15, 0.2) is 0 Å². The van der Waals surface area contributed by atoms with Gasteiger partial charge in [-0.3, -0.25) is 0 Å². The number of nitrogens with zero attached hydrogens (tertiary/aromatic N) is 1. The minimum Gasteiger partial charge on any atom is -0.195 e. The molecule has 29 heavy (non-hydrogen) atoms. The van der Waals surface area contributed by atoms with E-state index >= 15 is 0 Å². The predicted octanol–water partition coefficient (Wildman–Crippen LogP) is 8.58. The summed E-state index contributed by atoms with van der Waals surface area (Å²) in [5, 5.41) is 2.43.